The normalized spacial score (nSPS) is 10.3. The van der Waals surface area contributed by atoms with E-state index in [0.717, 1.165) is 5.56 Å². The Kier molecular flexibility index (Phi) is 3.28. The predicted octanol–water partition coefficient (Wildman–Crippen LogP) is 3.74. The van der Waals surface area contributed by atoms with Crippen LogP contribution >= 0.6 is 15.9 Å². The molecular formula is C12H9BrFNO2. The van der Waals surface area contributed by atoms with Crippen LogP contribution in [0.25, 0.3) is 0 Å². The molecule has 0 unspecified atom stereocenters. The maximum absolute atomic E-state index is 13.1. The van der Waals surface area contributed by atoms with Gasteiger partial charge in [-0.3, -0.25) is 4.79 Å². The van der Waals surface area contributed by atoms with Crippen LogP contribution in [-0.2, 0) is 0 Å². The lowest BCUT2D eigenvalue weighted by molar-refractivity contribution is 0.0995. The molecule has 0 aliphatic heterocycles. The summed E-state index contributed by atoms with van der Waals surface area (Å²) in [5.41, 5.74) is 1.14. The van der Waals surface area contributed by atoms with Crippen LogP contribution in [0.4, 0.5) is 10.1 Å². The molecule has 0 saturated heterocycles. The number of nitrogens with one attached hydrogen (secondary N) is 1. The molecule has 1 amide bonds. The molecule has 5 heteroatoms. The highest BCUT2D eigenvalue weighted by molar-refractivity contribution is 9.10. The van der Waals surface area contributed by atoms with Crippen LogP contribution < -0.4 is 5.32 Å². The predicted molar refractivity (Wildman–Crippen MR) is 65.5 cm³/mol. The van der Waals surface area contributed by atoms with Gasteiger partial charge in [0.15, 0.2) is 10.4 Å². The minimum Gasteiger partial charge on any atom is -0.444 e. The van der Waals surface area contributed by atoms with Crippen molar-refractivity contribution in [3.8, 4) is 0 Å². The molecule has 0 aliphatic rings. The van der Waals surface area contributed by atoms with E-state index >= 15 is 0 Å². The maximum atomic E-state index is 13.1. The average molecular weight is 298 g/mol. The van der Waals surface area contributed by atoms with Crippen LogP contribution in [-0.4, -0.2) is 5.91 Å². The number of carbonyl (C=O) groups excluding carboxylic acids is 1. The Morgan fingerprint density at radius 1 is 1.35 bits per heavy atom. The molecule has 2 aromatic rings. The average Bonchev–Trinajstić information content (AvgIpc) is 2.63. The number of carbonyl (C=O) groups is 1. The van der Waals surface area contributed by atoms with Crippen molar-refractivity contribution in [2.24, 2.45) is 0 Å². The first-order valence-corrected chi connectivity index (χ1v) is 5.68. The molecule has 1 aromatic carbocycles. The lowest BCUT2D eigenvalue weighted by Gasteiger charge is -2.04. The summed E-state index contributed by atoms with van der Waals surface area (Å²) in [6.45, 7) is 1.75. The van der Waals surface area contributed by atoms with Gasteiger partial charge in [0.05, 0.1) is 0 Å². The van der Waals surface area contributed by atoms with Gasteiger partial charge < -0.3 is 9.73 Å². The second-order valence-corrected chi connectivity index (χ2v) is 4.36. The molecule has 1 heterocycles. The van der Waals surface area contributed by atoms with E-state index < -0.39 is 5.91 Å². The van der Waals surface area contributed by atoms with Crippen LogP contribution in [0.5, 0.6) is 0 Å². The summed E-state index contributed by atoms with van der Waals surface area (Å²) in [6.07, 6.45) is 0. The Morgan fingerprint density at radius 2 is 2.12 bits per heavy atom. The van der Waals surface area contributed by atoms with Gasteiger partial charge in [0.2, 0.25) is 0 Å². The van der Waals surface area contributed by atoms with Gasteiger partial charge >= 0.3 is 0 Å². The van der Waals surface area contributed by atoms with Crippen LogP contribution in [0.1, 0.15) is 16.1 Å². The van der Waals surface area contributed by atoms with E-state index in [-0.39, 0.29) is 11.6 Å². The van der Waals surface area contributed by atoms with E-state index in [1.54, 1.807) is 19.1 Å². The van der Waals surface area contributed by atoms with Gasteiger partial charge in [0, 0.05) is 5.69 Å². The zero-order valence-electron chi connectivity index (χ0n) is 8.96. The van der Waals surface area contributed by atoms with Gasteiger partial charge in [-0.05, 0) is 58.7 Å². The maximum Gasteiger partial charge on any atom is 0.291 e. The number of aryl methyl sites for hydroxylation is 1. The fourth-order valence-corrected chi connectivity index (χ4v) is 1.74. The largest absolute Gasteiger partial charge is 0.444 e. The number of anilines is 1. The summed E-state index contributed by atoms with van der Waals surface area (Å²) in [4.78, 5) is 11.7. The number of benzene rings is 1. The van der Waals surface area contributed by atoms with E-state index in [2.05, 4.69) is 21.2 Å². The van der Waals surface area contributed by atoms with Crippen LogP contribution in [0.3, 0.4) is 0 Å². The van der Waals surface area contributed by atoms with E-state index in [4.69, 9.17) is 4.42 Å². The van der Waals surface area contributed by atoms with Crippen molar-refractivity contribution >= 4 is 27.5 Å². The lowest BCUT2D eigenvalue weighted by atomic mass is 10.2. The quantitative estimate of drug-likeness (QED) is 0.917. The highest BCUT2D eigenvalue weighted by Crippen LogP contribution is 2.17. The van der Waals surface area contributed by atoms with Crippen molar-refractivity contribution in [2.75, 3.05) is 5.32 Å². The fourth-order valence-electron chi connectivity index (χ4n) is 1.44. The van der Waals surface area contributed by atoms with Crippen molar-refractivity contribution in [1.82, 2.24) is 0 Å². The summed E-state index contributed by atoms with van der Waals surface area (Å²) >= 11 is 3.10. The molecule has 17 heavy (non-hydrogen) atoms. The molecule has 3 nitrogen and oxygen atoms in total. The third kappa shape index (κ3) is 2.94. The van der Waals surface area contributed by atoms with Gasteiger partial charge in [-0.2, -0.15) is 0 Å². The van der Waals surface area contributed by atoms with Gasteiger partial charge in [0.1, 0.15) is 5.82 Å². The minimum atomic E-state index is -0.416. The molecule has 0 fully saturated rings. The van der Waals surface area contributed by atoms with Crippen molar-refractivity contribution in [1.29, 1.82) is 0 Å². The number of hydrogen-bond donors (Lipinski definition) is 1. The van der Waals surface area contributed by atoms with E-state index in [0.29, 0.717) is 10.4 Å². The van der Waals surface area contributed by atoms with Crippen LogP contribution in [0.2, 0.25) is 0 Å². The third-order valence-corrected chi connectivity index (χ3v) is 2.52. The lowest BCUT2D eigenvalue weighted by Crippen LogP contribution is -2.11. The number of hydrogen-bond acceptors (Lipinski definition) is 2. The molecule has 0 aliphatic carbocycles. The standard InChI is InChI=1S/C12H9BrFNO2/c1-7-4-8(14)6-9(5-7)15-12(16)10-2-3-11(13)17-10/h2-6H,1H3,(H,15,16). The summed E-state index contributed by atoms with van der Waals surface area (Å²) in [6, 6.07) is 7.47. The summed E-state index contributed by atoms with van der Waals surface area (Å²) in [5, 5.41) is 2.56. The summed E-state index contributed by atoms with van der Waals surface area (Å²) < 4.78 is 18.7. The molecule has 1 N–H and O–H groups in total. The zero-order chi connectivity index (χ0) is 12.4. The van der Waals surface area contributed by atoms with Crippen LogP contribution in [0.15, 0.2) is 39.4 Å². The van der Waals surface area contributed by atoms with Crippen molar-refractivity contribution < 1.29 is 13.6 Å². The molecule has 0 atom stereocenters. The van der Waals surface area contributed by atoms with E-state index in [1.807, 2.05) is 0 Å². The number of furan rings is 1. The first-order chi connectivity index (χ1) is 8.04. The topological polar surface area (TPSA) is 42.2 Å². The molecule has 2 rings (SSSR count). The molecule has 0 radical (unpaired) electrons. The number of amides is 1. The zero-order valence-corrected chi connectivity index (χ0v) is 10.5. The van der Waals surface area contributed by atoms with Crippen molar-refractivity contribution in [3.63, 3.8) is 0 Å². The second-order valence-electron chi connectivity index (χ2n) is 3.58. The SMILES string of the molecule is Cc1cc(F)cc(NC(=O)c2ccc(Br)o2)c1. The van der Waals surface area contributed by atoms with Crippen LogP contribution in [0, 0.1) is 12.7 Å². The highest BCUT2D eigenvalue weighted by atomic mass is 79.9. The number of rotatable bonds is 2. The van der Waals surface area contributed by atoms with E-state index in [9.17, 15) is 9.18 Å². The molecule has 0 bridgehead atoms. The third-order valence-electron chi connectivity index (χ3n) is 2.10. The Bertz CT molecular complexity index is 545. The smallest absolute Gasteiger partial charge is 0.291 e. The Hall–Kier alpha value is -1.62. The van der Waals surface area contributed by atoms with Gasteiger partial charge in [-0.1, -0.05) is 0 Å². The second kappa shape index (κ2) is 4.71. The molecule has 88 valence electrons. The molecule has 0 saturated carbocycles. The Labute approximate surface area is 106 Å². The molecule has 0 spiro atoms. The minimum absolute atomic E-state index is 0.166. The fraction of sp³-hybridized carbons (Fsp3) is 0.0833. The first kappa shape index (κ1) is 11.9. The molecular weight excluding hydrogens is 289 g/mol. The summed E-state index contributed by atoms with van der Waals surface area (Å²) in [5.74, 6) is -0.639. The van der Waals surface area contributed by atoms with Crippen molar-refractivity contribution in [3.05, 3.63) is 52.1 Å². The van der Waals surface area contributed by atoms with Gasteiger partial charge in [-0.25, -0.2) is 4.39 Å². The molecule has 1 aromatic heterocycles. The Balaban J connectivity index is 2.18. The highest BCUT2D eigenvalue weighted by Gasteiger charge is 2.11. The number of halogens is 2. The van der Waals surface area contributed by atoms with Gasteiger partial charge in [-0.15, -0.1) is 0 Å². The van der Waals surface area contributed by atoms with Gasteiger partial charge in [0.25, 0.3) is 5.91 Å². The monoisotopic (exact) mass is 297 g/mol. The first-order valence-electron chi connectivity index (χ1n) is 4.88. The van der Waals surface area contributed by atoms with Crippen molar-refractivity contribution in [2.45, 2.75) is 6.92 Å². The Morgan fingerprint density at radius 3 is 2.71 bits per heavy atom. The van der Waals surface area contributed by atoms with E-state index in [1.165, 1.54) is 18.2 Å². The summed E-state index contributed by atoms with van der Waals surface area (Å²) in [7, 11) is 0.